The number of rotatable bonds is 4. The summed E-state index contributed by atoms with van der Waals surface area (Å²) >= 11 is 0. The monoisotopic (exact) mass is 324 g/mol. The fourth-order valence-electron chi connectivity index (χ4n) is 2.91. The number of hydrogen-bond acceptors (Lipinski definition) is 3. The van der Waals surface area contributed by atoms with Crippen molar-refractivity contribution in [2.75, 3.05) is 24.4 Å². The molecule has 0 saturated carbocycles. The Hall–Kier alpha value is -2.82. The van der Waals surface area contributed by atoms with Gasteiger partial charge in [0, 0.05) is 24.8 Å². The molecule has 0 radical (unpaired) electrons. The van der Waals surface area contributed by atoms with E-state index in [1.807, 2.05) is 42.5 Å². The Balaban J connectivity index is 1.69. The molecule has 5 nitrogen and oxygen atoms in total. The van der Waals surface area contributed by atoms with Crippen LogP contribution in [0.1, 0.15) is 17.5 Å². The smallest absolute Gasteiger partial charge is 0.228 e. The van der Waals surface area contributed by atoms with Crippen molar-refractivity contribution in [3.8, 4) is 5.75 Å². The van der Waals surface area contributed by atoms with Gasteiger partial charge in [-0.1, -0.05) is 12.1 Å². The number of nitrogens with zero attached hydrogens (tertiary/aromatic N) is 1. The highest BCUT2D eigenvalue weighted by molar-refractivity contribution is 5.97. The van der Waals surface area contributed by atoms with Gasteiger partial charge in [-0.05, 0) is 47.9 Å². The van der Waals surface area contributed by atoms with Gasteiger partial charge in [-0.3, -0.25) is 9.59 Å². The second kappa shape index (κ2) is 6.74. The summed E-state index contributed by atoms with van der Waals surface area (Å²) in [6.07, 6.45) is 1.50. The second-order valence-corrected chi connectivity index (χ2v) is 5.87. The molecule has 0 bridgehead atoms. The highest BCUT2D eigenvalue weighted by atomic mass is 16.5. The number of fused-ring (bicyclic) bond motifs is 1. The molecule has 0 spiro atoms. The van der Waals surface area contributed by atoms with Crippen molar-refractivity contribution in [3.63, 3.8) is 0 Å². The predicted molar refractivity (Wildman–Crippen MR) is 93.5 cm³/mol. The fourth-order valence-corrected chi connectivity index (χ4v) is 2.91. The van der Waals surface area contributed by atoms with E-state index in [4.69, 9.17) is 4.74 Å². The third-order valence-electron chi connectivity index (χ3n) is 4.21. The standard InChI is InChI=1S/C19H20N2O3/c1-21-17-8-7-15(12-14(17)6-9-19(21)23)20-18(22)11-13-4-3-5-16(10-13)24-2/h3-5,7-8,10,12H,6,9,11H2,1-2H3,(H,20,22). The molecule has 1 N–H and O–H groups in total. The predicted octanol–water partition coefficient (Wildman–Crippen LogP) is 2.79. The van der Waals surface area contributed by atoms with Crippen molar-refractivity contribution >= 4 is 23.2 Å². The second-order valence-electron chi connectivity index (χ2n) is 5.87. The summed E-state index contributed by atoms with van der Waals surface area (Å²) in [5.41, 5.74) is 3.65. The Morgan fingerprint density at radius 1 is 1.21 bits per heavy atom. The van der Waals surface area contributed by atoms with E-state index in [1.165, 1.54) is 0 Å². The Labute approximate surface area is 141 Å². The third-order valence-corrected chi connectivity index (χ3v) is 4.21. The van der Waals surface area contributed by atoms with Gasteiger partial charge in [-0.25, -0.2) is 0 Å². The normalized spacial score (nSPS) is 13.4. The summed E-state index contributed by atoms with van der Waals surface area (Å²) in [5.74, 6) is 0.780. The van der Waals surface area contributed by atoms with Crippen LogP contribution in [0.5, 0.6) is 5.75 Å². The first kappa shape index (κ1) is 16.1. The van der Waals surface area contributed by atoms with Crippen molar-refractivity contribution < 1.29 is 14.3 Å². The molecule has 5 heteroatoms. The first-order valence-corrected chi connectivity index (χ1v) is 7.89. The number of aryl methyl sites for hydroxylation is 1. The maximum absolute atomic E-state index is 12.2. The summed E-state index contributed by atoms with van der Waals surface area (Å²) in [6, 6.07) is 13.1. The Morgan fingerprint density at radius 3 is 2.83 bits per heavy atom. The van der Waals surface area contributed by atoms with Crippen molar-refractivity contribution in [2.45, 2.75) is 19.3 Å². The van der Waals surface area contributed by atoms with Gasteiger partial charge in [-0.15, -0.1) is 0 Å². The maximum Gasteiger partial charge on any atom is 0.228 e. The lowest BCUT2D eigenvalue weighted by Gasteiger charge is -2.26. The zero-order chi connectivity index (χ0) is 17.1. The van der Waals surface area contributed by atoms with E-state index in [9.17, 15) is 9.59 Å². The molecule has 2 amide bonds. The summed E-state index contributed by atoms with van der Waals surface area (Å²) in [6.45, 7) is 0. The molecular formula is C19H20N2O3. The van der Waals surface area contributed by atoms with Crippen LogP contribution in [0.25, 0.3) is 0 Å². The summed E-state index contributed by atoms with van der Waals surface area (Å²) in [7, 11) is 3.38. The highest BCUT2D eigenvalue weighted by Crippen LogP contribution is 2.29. The van der Waals surface area contributed by atoms with Gasteiger partial charge >= 0.3 is 0 Å². The van der Waals surface area contributed by atoms with Gasteiger partial charge in [0.1, 0.15) is 5.75 Å². The van der Waals surface area contributed by atoms with E-state index in [-0.39, 0.29) is 18.2 Å². The lowest BCUT2D eigenvalue weighted by Crippen LogP contribution is -2.31. The lowest BCUT2D eigenvalue weighted by molar-refractivity contribution is -0.118. The van der Waals surface area contributed by atoms with Crippen LogP contribution in [0.4, 0.5) is 11.4 Å². The molecule has 0 unspecified atom stereocenters. The Kier molecular flexibility index (Phi) is 4.51. The molecule has 0 fully saturated rings. The largest absolute Gasteiger partial charge is 0.497 e. The Morgan fingerprint density at radius 2 is 2.04 bits per heavy atom. The zero-order valence-electron chi connectivity index (χ0n) is 13.8. The molecule has 1 heterocycles. The number of ether oxygens (including phenoxy) is 1. The number of benzene rings is 2. The van der Waals surface area contributed by atoms with Gasteiger partial charge in [-0.2, -0.15) is 0 Å². The zero-order valence-corrected chi connectivity index (χ0v) is 13.8. The van der Waals surface area contributed by atoms with Crippen LogP contribution >= 0.6 is 0 Å². The quantitative estimate of drug-likeness (QED) is 0.941. The van der Waals surface area contributed by atoms with Crippen molar-refractivity contribution in [3.05, 3.63) is 53.6 Å². The van der Waals surface area contributed by atoms with Gasteiger partial charge in [0.05, 0.1) is 13.5 Å². The number of carbonyl (C=O) groups excluding carboxylic acids is 2. The molecule has 0 aliphatic carbocycles. The van der Waals surface area contributed by atoms with Crippen LogP contribution in [-0.4, -0.2) is 26.0 Å². The molecule has 124 valence electrons. The average Bonchev–Trinajstić information content (AvgIpc) is 2.58. The summed E-state index contributed by atoms with van der Waals surface area (Å²) in [4.78, 5) is 25.6. The fraction of sp³-hybridized carbons (Fsp3) is 0.263. The van der Waals surface area contributed by atoms with Crippen molar-refractivity contribution in [2.24, 2.45) is 0 Å². The first-order chi connectivity index (χ1) is 11.6. The molecule has 0 aromatic heterocycles. The van der Waals surface area contributed by atoms with E-state index in [0.29, 0.717) is 12.8 Å². The number of nitrogens with one attached hydrogen (secondary N) is 1. The Bertz CT molecular complexity index is 786. The van der Waals surface area contributed by atoms with Gasteiger partial charge in [0.25, 0.3) is 0 Å². The van der Waals surface area contributed by atoms with Crippen LogP contribution in [0, 0.1) is 0 Å². The molecule has 2 aromatic rings. The van der Waals surface area contributed by atoms with Crippen LogP contribution in [0.15, 0.2) is 42.5 Å². The number of hydrogen-bond donors (Lipinski definition) is 1. The van der Waals surface area contributed by atoms with Gasteiger partial charge in [0.2, 0.25) is 11.8 Å². The number of methoxy groups -OCH3 is 1. The molecule has 3 rings (SSSR count). The minimum atomic E-state index is -0.0801. The van der Waals surface area contributed by atoms with E-state index in [1.54, 1.807) is 19.1 Å². The molecule has 0 saturated heterocycles. The van der Waals surface area contributed by atoms with E-state index < -0.39 is 0 Å². The SMILES string of the molecule is COc1cccc(CC(=O)Nc2ccc3c(c2)CCC(=O)N3C)c1. The van der Waals surface area contributed by atoms with Crippen molar-refractivity contribution in [1.82, 2.24) is 0 Å². The minimum absolute atomic E-state index is 0.0801. The van der Waals surface area contributed by atoms with Gasteiger partial charge < -0.3 is 15.0 Å². The summed E-state index contributed by atoms with van der Waals surface area (Å²) < 4.78 is 5.17. The maximum atomic E-state index is 12.2. The molecule has 1 aliphatic rings. The van der Waals surface area contributed by atoms with Crippen LogP contribution in [-0.2, 0) is 22.4 Å². The summed E-state index contributed by atoms with van der Waals surface area (Å²) in [5, 5.41) is 2.92. The van der Waals surface area contributed by atoms with E-state index in [2.05, 4.69) is 5.32 Å². The first-order valence-electron chi connectivity index (χ1n) is 7.89. The topological polar surface area (TPSA) is 58.6 Å². The van der Waals surface area contributed by atoms with Crippen LogP contribution < -0.4 is 15.0 Å². The lowest BCUT2D eigenvalue weighted by atomic mass is 10.0. The van der Waals surface area contributed by atoms with Gasteiger partial charge in [0.15, 0.2) is 0 Å². The highest BCUT2D eigenvalue weighted by Gasteiger charge is 2.21. The number of amides is 2. The van der Waals surface area contributed by atoms with Crippen molar-refractivity contribution in [1.29, 1.82) is 0 Å². The molecule has 2 aromatic carbocycles. The van der Waals surface area contributed by atoms with E-state index in [0.717, 1.165) is 28.3 Å². The minimum Gasteiger partial charge on any atom is -0.497 e. The number of carbonyl (C=O) groups is 2. The molecule has 1 aliphatic heterocycles. The molecule has 0 atom stereocenters. The molecular weight excluding hydrogens is 304 g/mol. The molecule has 24 heavy (non-hydrogen) atoms. The van der Waals surface area contributed by atoms with E-state index >= 15 is 0 Å². The van der Waals surface area contributed by atoms with Crippen LogP contribution in [0.2, 0.25) is 0 Å². The number of anilines is 2. The third kappa shape index (κ3) is 3.40. The van der Waals surface area contributed by atoms with Crippen LogP contribution in [0.3, 0.4) is 0 Å². The average molecular weight is 324 g/mol.